The number of rotatable bonds is 5. The van der Waals surface area contributed by atoms with Crippen LogP contribution in [-0.2, 0) is 0 Å². The number of hydrogen-bond donors (Lipinski definition) is 2. The van der Waals surface area contributed by atoms with Crippen molar-refractivity contribution in [3.8, 4) is 0 Å². The number of halogens is 1. The molecule has 1 rings (SSSR count). The van der Waals surface area contributed by atoms with Gasteiger partial charge in [0.15, 0.2) is 0 Å². The Balaban J connectivity index is 2.29. The second kappa shape index (κ2) is 3.50. The van der Waals surface area contributed by atoms with Gasteiger partial charge in [-0.15, -0.1) is 0 Å². The highest BCUT2D eigenvalue weighted by Gasteiger charge is 2.33. The van der Waals surface area contributed by atoms with Gasteiger partial charge < -0.3 is 10.8 Å². The minimum absolute atomic E-state index is 0.0899. The van der Waals surface area contributed by atoms with E-state index in [0.717, 1.165) is 6.42 Å². The van der Waals surface area contributed by atoms with Crippen molar-refractivity contribution in [3.05, 3.63) is 0 Å². The third-order valence-electron chi connectivity index (χ3n) is 2.30. The molecule has 1 saturated carbocycles. The van der Waals surface area contributed by atoms with E-state index in [1.54, 1.807) is 0 Å². The molecule has 0 aromatic heterocycles. The molecule has 3 heteroatoms. The summed E-state index contributed by atoms with van der Waals surface area (Å²) in [5, 5.41) is 8.90. The first kappa shape index (κ1) is 8.94. The van der Waals surface area contributed by atoms with Gasteiger partial charge in [-0.1, -0.05) is 12.8 Å². The molecule has 0 radical (unpaired) electrons. The van der Waals surface area contributed by atoms with Crippen LogP contribution in [0, 0.1) is 5.92 Å². The quantitative estimate of drug-likeness (QED) is 0.627. The van der Waals surface area contributed by atoms with Gasteiger partial charge in [0.25, 0.3) is 0 Å². The summed E-state index contributed by atoms with van der Waals surface area (Å²) >= 11 is 0. The van der Waals surface area contributed by atoms with Crippen molar-refractivity contribution in [1.82, 2.24) is 0 Å². The summed E-state index contributed by atoms with van der Waals surface area (Å²) in [7, 11) is 0. The maximum absolute atomic E-state index is 12.0. The Hall–Kier alpha value is -0.150. The maximum atomic E-state index is 12.0. The molecule has 0 amide bonds. The van der Waals surface area contributed by atoms with E-state index in [4.69, 9.17) is 10.8 Å². The van der Waals surface area contributed by atoms with Gasteiger partial charge >= 0.3 is 0 Å². The van der Waals surface area contributed by atoms with Gasteiger partial charge in [-0.3, -0.25) is 4.39 Å². The minimum atomic E-state index is -0.643. The molecule has 0 aliphatic heterocycles. The van der Waals surface area contributed by atoms with Crippen LogP contribution in [0.5, 0.6) is 0 Å². The summed E-state index contributed by atoms with van der Waals surface area (Å²) in [6.45, 7) is -0.517. The molecular formula is C8H16FNO. The van der Waals surface area contributed by atoms with Crippen molar-refractivity contribution in [2.24, 2.45) is 11.7 Å². The average Bonchev–Trinajstić information content (AvgIpc) is 2.73. The lowest BCUT2D eigenvalue weighted by Gasteiger charge is -2.25. The molecule has 0 saturated heterocycles. The Kier molecular flexibility index (Phi) is 2.84. The molecule has 1 atom stereocenters. The highest BCUT2D eigenvalue weighted by Crippen LogP contribution is 2.36. The first-order valence-electron chi connectivity index (χ1n) is 4.16. The van der Waals surface area contributed by atoms with Gasteiger partial charge in [0.2, 0.25) is 0 Å². The van der Waals surface area contributed by atoms with E-state index in [0.29, 0.717) is 12.3 Å². The molecule has 0 bridgehead atoms. The highest BCUT2D eigenvalue weighted by atomic mass is 19.1. The van der Waals surface area contributed by atoms with Crippen molar-refractivity contribution in [1.29, 1.82) is 0 Å². The van der Waals surface area contributed by atoms with E-state index in [-0.39, 0.29) is 6.61 Å². The molecule has 11 heavy (non-hydrogen) atoms. The lowest BCUT2D eigenvalue weighted by molar-refractivity contribution is 0.163. The number of aliphatic hydroxyl groups is 1. The summed E-state index contributed by atoms with van der Waals surface area (Å²) in [5.74, 6) is 0.652. The zero-order chi connectivity index (χ0) is 8.32. The van der Waals surface area contributed by atoms with E-state index >= 15 is 0 Å². The van der Waals surface area contributed by atoms with Gasteiger partial charge in [0.05, 0.1) is 13.3 Å². The summed E-state index contributed by atoms with van der Waals surface area (Å²) in [4.78, 5) is 0. The predicted octanol–water partition coefficient (Wildman–Crippen LogP) is 0.836. The van der Waals surface area contributed by atoms with Crippen LogP contribution in [0.3, 0.4) is 0 Å². The number of aliphatic hydroxyl groups excluding tert-OH is 1. The summed E-state index contributed by atoms with van der Waals surface area (Å²) in [6.07, 6.45) is 3.48. The Morgan fingerprint density at radius 1 is 1.55 bits per heavy atom. The Labute approximate surface area is 66.6 Å². The van der Waals surface area contributed by atoms with E-state index in [1.807, 2.05) is 0 Å². The molecule has 0 aromatic carbocycles. The van der Waals surface area contributed by atoms with Crippen LogP contribution >= 0.6 is 0 Å². The summed E-state index contributed by atoms with van der Waals surface area (Å²) in [5.41, 5.74) is 5.12. The Bertz CT molecular complexity index is 127. The first-order valence-corrected chi connectivity index (χ1v) is 4.16. The molecule has 0 heterocycles. The van der Waals surface area contributed by atoms with Crippen molar-refractivity contribution >= 4 is 0 Å². The SMILES string of the molecule is NC(CO)(CCF)CC1CC1. The molecule has 0 spiro atoms. The second-order valence-corrected chi connectivity index (χ2v) is 3.61. The highest BCUT2D eigenvalue weighted by molar-refractivity contribution is 4.90. The number of nitrogens with two attached hydrogens (primary N) is 1. The summed E-state index contributed by atoms with van der Waals surface area (Å²) < 4.78 is 12.0. The lowest BCUT2D eigenvalue weighted by atomic mass is 9.91. The van der Waals surface area contributed by atoms with Crippen molar-refractivity contribution < 1.29 is 9.50 Å². The van der Waals surface area contributed by atoms with E-state index in [1.165, 1.54) is 12.8 Å². The average molecular weight is 161 g/mol. The monoisotopic (exact) mass is 161 g/mol. The molecule has 2 nitrogen and oxygen atoms in total. The Morgan fingerprint density at radius 2 is 2.18 bits per heavy atom. The molecule has 3 N–H and O–H groups in total. The van der Waals surface area contributed by atoms with Crippen LogP contribution in [-0.4, -0.2) is 23.9 Å². The van der Waals surface area contributed by atoms with Crippen LogP contribution in [0.1, 0.15) is 25.7 Å². The fourth-order valence-electron chi connectivity index (χ4n) is 1.33. The molecule has 1 aliphatic rings. The first-order chi connectivity index (χ1) is 5.20. The maximum Gasteiger partial charge on any atom is 0.0912 e. The molecular weight excluding hydrogens is 145 g/mol. The fraction of sp³-hybridized carbons (Fsp3) is 1.00. The van der Waals surface area contributed by atoms with Gasteiger partial charge in [0.1, 0.15) is 0 Å². The third kappa shape index (κ3) is 2.75. The summed E-state index contributed by atoms with van der Waals surface area (Å²) in [6, 6.07) is 0. The molecule has 1 aliphatic carbocycles. The molecule has 0 aromatic rings. The third-order valence-corrected chi connectivity index (χ3v) is 2.30. The van der Waals surface area contributed by atoms with E-state index in [2.05, 4.69) is 0 Å². The molecule has 1 fully saturated rings. The van der Waals surface area contributed by atoms with Crippen LogP contribution in [0.2, 0.25) is 0 Å². The normalized spacial score (nSPS) is 23.2. The van der Waals surface area contributed by atoms with Crippen molar-refractivity contribution in [2.75, 3.05) is 13.3 Å². The van der Waals surface area contributed by atoms with Gasteiger partial charge in [0, 0.05) is 5.54 Å². The van der Waals surface area contributed by atoms with Crippen molar-refractivity contribution in [3.63, 3.8) is 0 Å². The topological polar surface area (TPSA) is 46.2 Å². The van der Waals surface area contributed by atoms with Gasteiger partial charge in [-0.05, 0) is 18.8 Å². The zero-order valence-corrected chi connectivity index (χ0v) is 6.72. The number of alkyl halides is 1. The smallest absolute Gasteiger partial charge is 0.0912 e. The molecule has 1 unspecified atom stereocenters. The van der Waals surface area contributed by atoms with E-state index in [9.17, 15) is 4.39 Å². The predicted molar refractivity (Wildman–Crippen MR) is 41.9 cm³/mol. The van der Waals surface area contributed by atoms with Crippen molar-refractivity contribution in [2.45, 2.75) is 31.2 Å². The zero-order valence-electron chi connectivity index (χ0n) is 6.72. The number of hydrogen-bond acceptors (Lipinski definition) is 2. The minimum Gasteiger partial charge on any atom is -0.394 e. The van der Waals surface area contributed by atoms with Gasteiger partial charge in [-0.2, -0.15) is 0 Å². The van der Waals surface area contributed by atoms with Crippen LogP contribution in [0.15, 0.2) is 0 Å². The Morgan fingerprint density at radius 3 is 2.55 bits per heavy atom. The lowest BCUT2D eigenvalue weighted by Crippen LogP contribution is -2.44. The largest absolute Gasteiger partial charge is 0.394 e. The van der Waals surface area contributed by atoms with Crippen LogP contribution < -0.4 is 5.73 Å². The van der Waals surface area contributed by atoms with Crippen LogP contribution in [0.25, 0.3) is 0 Å². The fourth-order valence-corrected chi connectivity index (χ4v) is 1.33. The van der Waals surface area contributed by atoms with Gasteiger partial charge in [-0.25, -0.2) is 0 Å². The van der Waals surface area contributed by atoms with E-state index < -0.39 is 12.2 Å². The van der Waals surface area contributed by atoms with Crippen LogP contribution in [0.4, 0.5) is 4.39 Å². The standard InChI is InChI=1S/C8H16FNO/c9-4-3-8(10,6-11)5-7-1-2-7/h7,11H,1-6,10H2. The molecule has 66 valence electrons. The second-order valence-electron chi connectivity index (χ2n) is 3.61.